The fourth-order valence-electron chi connectivity index (χ4n) is 3.00. The van der Waals surface area contributed by atoms with E-state index >= 15 is 0 Å². The van der Waals surface area contributed by atoms with Crippen molar-refractivity contribution in [2.45, 2.75) is 17.0 Å². The summed E-state index contributed by atoms with van der Waals surface area (Å²) in [7, 11) is 2.13. The maximum Gasteiger partial charge on any atom is 0.234 e. The molecule has 3 N–H and O–H groups in total. The largest absolute Gasteiger partial charge is 0.399 e. The average Bonchev–Trinajstić information content (AvgIpc) is 3.07. The Morgan fingerprint density at radius 2 is 1.93 bits per heavy atom. The molecular weight excluding hydrogens is 372 g/mol. The van der Waals surface area contributed by atoms with Gasteiger partial charge in [-0.15, -0.1) is 0 Å². The van der Waals surface area contributed by atoms with Crippen molar-refractivity contribution < 1.29 is 0 Å². The summed E-state index contributed by atoms with van der Waals surface area (Å²) in [5.41, 5.74) is 7.84. The van der Waals surface area contributed by atoms with Crippen molar-refractivity contribution in [2.24, 2.45) is 4.99 Å². The summed E-state index contributed by atoms with van der Waals surface area (Å²) in [6.07, 6.45) is 2.02. The summed E-state index contributed by atoms with van der Waals surface area (Å²) in [4.78, 5) is 23.9. The highest BCUT2D eigenvalue weighted by Crippen LogP contribution is 2.28. The number of anilines is 3. The van der Waals surface area contributed by atoms with Crippen LogP contribution in [0.3, 0.4) is 0 Å². The maximum atomic E-state index is 5.91. The molecular formula is C19H24N8S. The van der Waals surface area contributed by atoms with E-state index in [-0.39, 0.29) is 0 Å². The molecule has 2 aliphatic rings. The van der Waals surface area contributed by atoms with Gasteiger partial charge in [0, 0.05) is 36.8 Å². The van der Waals surface area contributed by atoms with Crippen molar-refractivity contribution in [3.63, 3.8) is 0 Å². The Bertz CT molecular complexity index is 918. The van der Waals surface area contributed by atoms with Crippen LogP contribution in [0.2, 0.25) is 0 Å². The SMILES string of the molecule is CC1=CC(Nc2nc(Sc3cccc(N)c3)nc(N3CCN(C)CC3)n2)=NC1. The highest BCUT2D eigenvalue weighted by atomic mass is 32.2. The van der Waals surface area contributed by atoms with Crippen LogP contribution < -0.4 is 16.0 Å². The molecule has 0 bridgehead atoms. The van der Waals surface area contributed by atoms with Crippen LogP contribution in [0.5, 0.6) is 0 Å². The second-order valence-corrected chi connectivity index (χ2v) is 8.06. The van der Waals surface area contributed by atoms with Crippen LogP contribution in [0.25, 0.3) is 0 Å². The molecule has 0 amide bonds. The zero-order chi connectivity index (χ0) is 19.5. The number of nitrogens with zero attached hydrogens (tertiary/aromatic N) is 6. The van der Waals surface area contributed by atoms with Crippen LogP contribution in [0.1, 0.15) is 6.92 Å². The van der Waals surface area contributed by atoms with Crippen LogP contribution in [-0.2, 0) is 0 Å². The Balaban J connectivity index is 1.62. The number of aromatic nitrogens is 3. The predicted molar refractivity (Wildman–Crippen MR) is 114 cm³/mol. The number of piperazine rings is 1. The van der Waals surface area contributed by atoms with Gasteiger partial charge in [-0.1, -0.05) is 6.07 Å². The van der Waals surface area contributed by atoms with Gasteiger partial charge in [0.1, 0.15) is 5.84 Å². The number of amidine groups is 1. The maximum absolute atomic E-state index is 5.91. The molecule has 0 radical (unpaired) electrons. The van der Waals surface area contributed by atoms with Crippen molar-refractivity contribution >= 4 is 35.2 Å². The Hall–Kier alpha value is -2.65. The fourth-order valence-corrected chi connectivity index (χ4v) is 3.82. The molecule has 4 rings (SSSR count). The first-order chi connectivity index (χ1) is 13.5. The van der Waals surface area contributed by atoms with Gasteiger partial charge in [0.05, 0.1) is 6.54 Å². The van der Waals surface area contributed by atoms with Gasteiger partial charge in [0.15, 0.2) is 5.16 Å². The van der Waals surface area contributed by atoms with Gasteiger partial charge >= 0.3 is 0 Å². The van der Waals surface area contributed by atoms with E-state index in [4.69, 9.17) is 10.7 Å². The summed E-state index contributed by atoms with van der Waals surface area (Å²) < 4.78 is 0. The van der Waals surface area contributed by atoms with E-state index in [2.05, 4.69) is 44.0 Å². The lowest BCUT2D eigenvalue weighted by Gasteiger charge is -2.32. The van der Waals surface area contributed by atoms with E-state index in [0.717, 1.165) is 42.6 Å². The number of nitrogens with one attached hydrogen (secondary N) is 1. The fraction of sp³-hybridized carbons (Fsp3) is 0.368. The summed E-state index contributed by atoms with van der Waals surface area (Å²) in [6, 6.07) is 7.72. The number of nitrogen functional groups attached to an aromatic ring is 1. The first-order valence-electron chi connectivity index (χ1n) is 9.27. The van der Waals surface area contributed by atoms with E-state index < -0.39 is 0 Å². The van der Waals surface area contributed by atoms with Crippen molar-refractivity contribution in [1.82, 2.24) is 19.9 Å². The Morgan fingerprint density at radius 3 is 2.64 bits per heavy atom. The Morgan fingerprint density at radius 1 is 1.11 bits per heavy atom. The topological polar surface area (TPSA) is 95.6 Å². The molecule has 1 aromatic heterocycles. The molecule has 0 spiro atoms. The Kier molecular flexibility index (Phi) is 5.45. The standard InChI is InChI=1S/C19H24N8S/c1-13-10-16(21-12-13)22-17-23-18(27-8-6-26(2)7-9-27)25-19(24-17)28-15-5-3-4-14(20)11-15/h3-5,10-11H,6-9,12,20H2,1-2H3,(H,21,22,23,24,25). The van der Waals surface area contributed by atoms with Crippen molar-refractivity contribution in [2.75, 3.05) is 55.7 Å². The lowest BCUT2D eigenvalue weighted by atomic mass is 10.3. The molecule has 2 aromatic rings. The second-order valence-electron chi connectivity index (χ2n) is 7.02. The van der Waals surface area contributed by atoms with E-state index in [1.165, 1.54) is 17.3 Å². The first-order valence-corrected chi connectivity index (χ1v) is 10.1. The number of aliphatic imine (C=N–C) groups is 1. The third kappa shape index (κ3) is 4.60. The highest BCUT2D eigenvalue weighted by molar-refractivity contribution is 7.99. The van der Waals surface area contributed by atoms with Crippen molar-refractivity contribution in [3.8, 4) is 0 Å². The number of nitrogens with two attached hydrogens (primary N) is 1. The third-order valence-corrected chi connectivity index (χ3v) is 5.43. The number of hydrogen-bond acceptors (Lipinski definition) is 9. The lowest BCUT2D eigenvalue weighted by molar-refractivity contribution is 0.311. The molecule has 28 heavy (non-hydrogen) atoms. The monoisotopic (exact) mass is 396 g/mol. The van der Waals surface area contributed by atoms with Gasteiger partial charge in [0.2, 0.25) is 11.9 Å². The Labute approximate surface area is 169 Å². The number of benzene rings is 1. The molecule has 9 heteroatoms. The minimum atomic E-state index is 0.514. The molecule has 8 nitrogen and oxygen atoms in total. The molecule has 0 atom stereocenters. The molecule has 0 unspecified atom stereocenters. The number of rotatable bonds is 4. The molecule has 1 saturated heterocycles. The van der Waals surface area contributed by atoms with Crippen LogP contribution in [0, 0.1) is 0 Å². The van der Waals surface area contributed by atoms with Crippen molar-refractivity contribution in [3.05, 3.63) is 35.9 Å². The normalized spacial score (nSPS) is 17.4. The smallest absolute Gasteiger partial charge is 0.234 e. The third-order valence-electron chi connectivity index (χ3n) is 4.58. The molecule has 1 fully saturated rings. The predicted octanol–water partition coefficient (Wildman–Crippen LogP) is 2.13. The zero-order valence-electron chi connectivity index (χ0n) is 16.1. The minimum Gasteiger partial charge on any atom is -0.399 e. The molecule has 1 aromatic carbocycles. The zero-order valence-corrected chi connectivity index (χ0v) is 16.9. The summed E-state index contributed by atoms with van der Waals surface area (Å²) in [6.45, 7) is 6.53. The van der Waals surface area contributed by atoms with Gasteiger partial charge in [-0.25, -0.2) is 0 Å². The molecule has 2 aliphatic heterocycles. The number of hydrogen-bond donors (Lipinski definition) is 2. The van der Waals surface area contributed by atoms with E-state index in [9.17, 15) is 0 Å². The summed E-state index contributed by atoms with van der Waals surface area (Å²) >= 11 is 1.48. The van der Waals surface area contributed by atoms with Gasteiger partial charge < -0.3 is 20.9 Å². The van der Waals surface area contributed by atoms with Crippen LogP contribution in [-0.4, -0.2) is 65.5 Å². The second kappa shape index (κ2) is 8.15. The minimum absolute atomic E-state index is 0.514. The van der Waals surface area contributed by atoms with Gasteiger partial charge in [-0.2, -0.15) is 15.0 Å². The molecule has 146 valence electrons. The average molecular weight is 397 g/mol. The molecule has 3 heterocycles. The highest BCUT2D eigenvalue weighted by Gasteiger charge is 2.19. The van der Waals surface area contributed by atoms with Crippen LogP contribution in [0.15, 0.2) is 51.0 Å². The van der Waals surface area contributed by atoms with E-state index in [1.807, 2.05) is 30.3 Å². The molecule has 0 aliphatic carbocycles. The van der Waals surface area contributed by atoms with Crippen molar-refractivity contribution in [1.29, 1.82) is 0 Å². The number of likely N-dealkylation sites (N-methyl/N-ethyl adjacent to an activating group) is 1. The summed E-state index contributed by atoms with van der Waals surface area (Å²) in [5, 5.41) is 3.87. The van der Waals surface area contributed by atoms with Gasteiger partial charge in [0.25, 0.3) is 0 Å². The van der Waals surface area contributed by atoms with Gasteiger partial charge in [-0.3, -0.25) is 4.99 Å². The van der Waals surface area contributed by atoms with E-state index in [1.54, 1.807) is 0 Å². The van der Waals surface area contributed by atoms with Gasteiger partial charge in [-0.05, 0) is 55.6 Å². The quantitative estimate of drug-likeness (QED) is 0.759. The summed E-state index contributed by atoms with van der Waals surface area (Å²) in [5.74, 6) is 1.99. The van der Waals surface area contributed by atoms with E-state index in [0.29, 0.717) is 23.6 Å². The molecule has 0 saturated carbocycles. The lowest BCUT2D eigenvalue weighted by Crippen LogP contribution is -2.45. The van der Waals surface area contributed by atoms with Crippen LogP contribution in [0.4, 0.5) is 17.6 Å². The first kappa shape index (κ1) is 18.7. The van der Waals surface area contributed by atoms with Crippen LogP contribution >= 0.6 is 11.8 Å².